The second kappa shape index (κ2) is 10.2. The Hall–Kier alpha value is -1.25. The van der Waals surface area contributed by atoms with Crippen molar-refractivity contribution >= 4 is 27.0 Å². The van der Waals surface area contributed by atoms with E-state index in [-0.39, 0.29) is 10.5 Å². The summed E-state index contributed by atoms with van der Waals surface area (Å²) in [5, 5.41) is 2.74. The second-order valence-electron chi connectivity index (χ2n) is 11.7. The van der Waals surface area contributed by atoms with E-state index in [4.69, 9.17) is 13.6 Å². The number of hydrogen-bond donors (Lipinski definition) is 0. The van der Waals surface area contributed by atoms with Crippen molar-refractivity contribution in [3.8, 4) is 0 Å². The molecule has 0 unspecified atom stereocenters. The lowest BCUT2D eigenvalue weighted by molar-refractivity contribution is 0.0123. The summed E-state index contributed by atoms with van der Waals surface area (Å²) in [7, 11) is -1.07. The molecule has 0 aromatic heterocycles. The molecule has 0 saturated heterocycles. The summed E-state index contributed by atoms with van der Waals surface area (Å²) < 4.78 is 19.1. The molecule has 3 nitrogen and oxygen atoms in total. The van der Waals surface area contributed by atoms with Crippen molar-refractivity contribution in [2.24, 2.45) is 11.3 Å². The highest BCUT2D eigenvalue weighted by Crippen LogP contribution is 2.54. The molecule has 3 rings (SSSR count). The maximum atomic E-state index is 7.76. The maximum absolute atomic E-state index is 7.76. The minimum absolute atomic E-state index is 0.00202. The molecule has 0 heterocycles. The summed E-state index contributed by atoms with van der Waals surface area (Å²) in [5.74, 6) is 0.593. The van der Waals surface area contributed by atoms with E-state index in [1.165, 1.54) is 10.4 Å². The van der Waals surface area contributed by atoms with Crippen LogP contribution in [0.15, 0.2) is 60.7 Å². The van der Waals surface area contributed by atoms with Gasteiger partial charge in [-0.25, -0.2) is 0 Å². The zero-order chi connectivity index (χ0) is 24.3. The molecule has 1 aliphatic carbocycles. The smallest absolute Gasteiger partial charge is 0.250 e. The van der Waals surface area contributed by atoms with Gasteiger partial charge in [-0.05, 0) is 52.8 Å². The van der Waals surface area contributed by atoms with Gasteiger partial charge in [0, 0.05) is 19.6 Å². The molecule has 1 aliphatic rings. The molecular formula is C28H44O3Si2. The summed E-state index contributed by atoms with van der Waals surface area (Å²) in [4.78, 5) is 0. The summed E-state index contributed by atoms with van der Waals surface area (Å²) in [6.45, 7) is 16.0. The minimum Gasteiger partial charge on any atom is -0.448 e. The van der Waals surface area contributed by atoms with Gasteiger partial charge >= 0.3 is 0 Å². The van der Waals surface area contributed by atoms with E-state index in [9.17, 15) is 0 Å². The van der Waals surface area contributed by atoms with Crippen LogP contribution >= 0.6 is 0 Å². The van der Waals surface area contributed by atoms with E-state index in [2.05, 4.69) is 101 Å². The van der Waals surface area contributed by atoms with Crippen molar-refractivity contribution in [3.63, 3.8) is 0 Å². The lowest BCUT2D eigenvalue weighted by Gasteiger charge is -2.49. The Morgan fingerprint density at radius 1 is 0.818 bits per heavy atom. The molecule has 33 heavy (non-hydrogen) atoms. The van der Waals surface area contributed by atoms with Crippen LogP contribution in [-0.4, -0.2) is 44.1 Å². The van der Waals surface area contributed by atoms with Crippen LogP contribution in [0.25, 0.3) is 0 Å². The number of ether oxygens (including phenoxy) is 2. The molecule has 0 amide bonds. The van der Waals surface area contributed by atoms with Crippen LogP contribution in [-0.2, 0) is 13.6 Å². The molecule has 0 spiro atoms. The van der Waals surface area contributed by atoms with Crippen molar-refractivity contribution in [1.29, 1.82) is 0 Å². The number of methoxy groups -OCH3 is 2. The van der Waals surface area contributed by atoms with E-state index in [1.807, 2.05) is 14.2 Å². The summed E-state index contributed by atoms with van der Waals surface area (Å²) in [6, 6.07) is 22.1. The van der Waals surface area contributed by atoms with Gasteiger partial charge in [0.05, 0.1) is 13.2 Å². The van der Waals surface area contributed by atoms with E-state index in [1.54, 1.807) is 0 Å². The lowest BCUT2D eigenvalue weighted by atomic mass is 9.87. The second-order valence-corrected chi connectivity index (χ2v) is 20.5. The Kier molecular flexibility index (Phi) is 8.12. The molecule has 0 bridgehead atoms. The highest BCUT2D eigenvalue weighted by atomic mass is 28.4. The van der Waals surface area contributed by atoms with Gasteiger partial charge < -0.3 is 13.6 Å². The van der Waals surface area contributed by atoms with E-state index in [0.29, 0.717) is 11.5 Å². The fourth-order valence-corrected chi connectivity index (χ4v) is 18.2. The molecule has 2 aromatic carbocycles. The predicted octanol–water partition coefficient (Wildman–Crippen LogP) is 5.85. The number of hydrogen-bond acceptors (Lipinski definition) is 3. The van der Waals surface area contributed by atoms with E-state index < -0.39 is 16.6 Å². The van der Waals surface area contributed by atoms with Crippen molar-refractivity contribution < 1.29 is 13.6 Å². The average Bonchev–Trinajstić information content (AvgIpc) is 3.10. The van der Waals surface area contributed by atoms with Gasteiger partial charge in [-0.15, -0.1) is 0 Å². The third kappa shape index (κ3) is 5.23. The maximum Gasteiger partial charge on any atom is 0.250 e. The Morgan fingerprint density at radius 3 is 1.67 bits per heavy atom. The topological polar surface area (TPSA) is 27.7 Å². The van der Waals surface area contributed by atoms with Gasteiger partial charge in [0.15, 0.2) is 8.32 Å². The van der Waals surface area contributed by atoms with Gasteiger partial charge in [-0.3, -0.25) is 0 Å². The fourth-order valence-electron chi connectivity index (χ4n) is 6.52. The molecule has 1 fully saturated rings. The van der Waals surface area contributed by atoms with E-state index in [0.717, 1.165) is 26.1 Å². The third-order valence-electron chi connectivity index (χ3n) is 7.72. The SMILES string of the molecule is COCC1(COC)C[C@H](C)[C@@H]([Si](C)(C)O[Si](c2ccccc2)(c2ccccc2)C(C)(C)C)C1. The van der Waals surface area contributed by atoms with Crippen LogP contribution in [0, 0.1) is 11.3 Å². The molecule has 2 aromatic rings. The molecular weight excluding hydrogens is 440 g/mol. The standard InChI is InChI=1S/C28H44O3Si2/c1-23-19-28(21-29-5,22-30-6)20-26(23)32(7,8)31-33(27(2,3)4,24-15-11-9-12-16-24)25-17-13-10-14-18-25/h9-18,23,26H,19-22H2,1-8H3/t23-,26-/m0/s1. The first-order chi connectivity index (χ1) is 15.5. The third-order valence-corrected chi connectivity index (χ3v) is 18.0. The lowest BCUT2D eigenvalue weighted by Crippen LogP contribution is -2.70. The van der Waals surface area contributed by atoms with Crippen molar-refractivity contribution in [3.05, 3.63) is 60.7 Å². The highest BCUT2D eigenvalue weighted by molar-refractivity contribution is 7.04. The fraction of sp³-hybridized carbons (Fsp3) is 0.571. The summed E-state index contributed by atoms with van der Waals surface area (Å²) in [6.07, 6.45) is 2.26. The van der Waals surface area contributed by atoms with Crippen LogP contribution in [0.5, 0.6) is 0 Å². The average molecular weight is 485 g/mol. The highest BCUT2D eigenvalue weighted by Gasteiger charge is 2.57. The van der Waals surface area contributed by atoms with Gasteiger partial charge in [0.25, 0.3) is 8.32 Å². The predicted molar refractivity (Wildman–Crippen MR) is 145 cm³/mol. The molecule has 182 valence electrons. The first-order valence-corrected chi connectivity index (χ1v) is 17.2. The zero-order valence-electron chi connectivity index (χ0n) is 22.0. The normalized spacial score (nSPS) is 21.3. The van der Waals surface area contributed by atoms with Crippen LogP contribution in [0.3, 0.4) is 0 Å². The monoisotopic (exact) mass is 484 g/mol. The summed E-state index contributed by atoms with van der Waals surface area (Å²) >= 11 is 0. The molecule has 0 aliphatic heterocycles. The molecule has 2 atom stereocenters. The van der Waals surface area contributed by atoms with Crippen LogP contribution in [0.1, 0.15) is 40.5 Å². The summed E-state index contributed by atoms with van der Waals surface area (Å²) in [5.41, 5.74) is 0.650. The van der Waals surface area contributed by atoms with Crippen molar-refractivity contribution in [2.45, 2.75) is 64.2 Å². The first-order valence-electron chi connectivity index (χ1n) is 12.3. The Balaban J connectivity index is 2.10. The largest absolute Gasteiger partial charge is 0.448 e. The quantitative estimate of drug-likeness (QED) is 0.418. The Labute approximate surface area is 204 Å². The molecule has 5 heteroatoms. The van der Waals surface area contributed by atoms with Gasteiger partial charge in [0.2, 0.25) is 0 Å². The Bertz CT molecular complexity index is 832. The Morgan fingerprint density at radius 2 is 1.27 bits per heavy atom. The van der Waals surface area contributed by atoms with E-state index >= 15 is 0 Å². The zero-order valence-corrected chi connectivity index (χ0v) is 24.0. The van der Waals surface area contributed by atoms with Crippen molar-refractivity contribution in [1.82, 2.24) is 0 Å². The molecule has 1 saturated carbocycles. The van der Waals surface area contributed by atoms with Crippen molar-refractivity contribution in [2.75, 3.05) is 27.4 Å². The van der Waals surface area contributed by atoms with Crippen LogP contribution in [0.4, 0.5) is 0 Å². The van der Waals surface area contributed by atoms with Gasteiger partial charge in [-0.2, -0.15) is 0 Å². The first kappa shape index (κ1) is 26.4. The molecule has 0 N–H and O–H groups in total. The van der Waals surface area contributed by atoms with Crippen LogP contribution in [0.2, 0.25) is 23.7 Å². The minimum atomic E-state index is -2.57. The van der Waals surface area contributed by atoms with Crippen LogP contribution < -0.4 is 10.4 Å². The number of rotatable bonds is 9. The molecule has 0 radical (unpaired) electrons. The van der Waals surface area contributed by atoms with Gasteiger partial charge in [0.1, 0.15) is 0 Å². The van der Waals surface area contributed by atoms with Gasteiger partial charge in [-0.1, -0.05) is 88.4 Å². The number of benzene rings is 2.